The summed E-state index contributed by atoms with van der Waals surface area (Å²) in [6, 6.07) is 7.35. The highest BCUT2D eigenvalue weighted by Gasteiger charge is 2.51. The van der Waals surface area contributed by atoms with Gasteiger partial charge in [0.1, 0.15) is 54.6 Å². The molecule has 0 saturated carbocycles. The molecule has 1 aromatic rings. The summed E-state index contributed by atoms with van der Waals surface area (Å²) in [6.45, 7) is -1.44. The van der Waals surface area contributed by atoms with Crippen molar-refractivity contribution in [3.05, 3.63) is 29.8 Å². The van der Waals surface area contributed by atoms with Gasteiger partial charge in [0.15, 0.2) is 18.7 Å². The van der Waals surface area contributed by atoms with Crippen LogP contribution >= 0.6 is 0 Å². The summed E-state index contributed by atoms with van der Waals surface area (Å²) in [5.41, 5.74) is 0.323. The first kappa shape index (κ1) is 25.7. The molecule has 2 fully saturated rings. The number of benzene rings is 1. The number of aliphatic hydroxyl groups excluding tert-OH is 7. The van der Waals surface area contributed by atoms with Crippen molar-refractivity contribution in [3.63, 3.8) is 0 Å². The second-order valence-electron chi connectivity index (χ2n) is 7.74. The number of nitrogens with zero attached hydrogens (tertiary/aromatic N) is 1. The Morgan fingerprint density at radius 3 is 1.97 bits per heavy atom. The minimum Gasteiger partial charge on any atom is -0.508 e. The van der Waals surface area contributed by atoms with E-state index < -0.39 is 80.7 Å². The molecule has 33 heavy (non-hydrogen) atoms. The predicted molar refractivity (Wildman–Crippen MR) is 104 cm³/mol. The lowest BCUT2D eigenvalue weighted by Gasteiger charge is -2.46. The lowest BCUT2D eigenvalue weighted by Crippen LogP contribution is -2.64. The first-order valence-corrected chi connectivity index (χ1v) is 10.1. The third-order valence-corrected chi connectivity index (χ3v) is 5.54. The van der Waals surface area contributed by atoms with Gasteiger partial charge in [-0.3, -0.25) is 0 Å². The smallest absolute Gasteiger partial charge is 0.188 e. The molecule has 13 nitrogen and oxygen atoms in total. The van der Waals surface area contributed by atoms with E-state index in [0.717, 1.165) is 0 Å². The van der Waals surface area contributed by atoms with Crippen molar-refractivity contribution in [2.24, 2.45) is 0 Å². The summed E-state index contributed by atoms with van der Waals surface area (Å²) >= 11 is 0. The number of aromatic hydroxyl groups is 1. The number of phenolic OH excluding ortho intramolecular Hbond substituents is 1. The standard InChI is InChI=1S/C20H27NO12/c21-5-10(8-1-3-9(24)4-2-8)30-20-17(29)18(14(26)12(7-23)32-20)33-19-16(28)15(27)13(25)11(6-22)31-19/h1-4,10-20,22-29H,6-7H2. The molecule has 0 aliphatic carbocycles. The summed E-state index contributed by atoms with van der Waals surface area (Å²) in [5, 5.41) is 89.0. The van der Waals surface area contributed by atoms with Crippen molar-refractivity contribution in [3.8, 4) is 11.8 Å². The van der Waals surface area contributed by atoms with Crippen LogP contribution in [0.1, 0.15) is 11.7 Å². The van der Waals surface area contributed by atoms with Crippen molar-refractivity contribution in [2.75, 3.05) is 13.2 Å². The molecule has 3 rings (SSSR count). The van der Waals surface area contributed by atoms with Gasteiger partial charge in [-0.2, -0.15) is 5.26 Å². The van der Waals surface area contributed by atoms with Crippen LogP contribution in [0.5, 0.6) is 5.75 Å². The van der Waals surface area contributed by atoms with E-state index in [2.05, 4.69) is 0 Å². The van der Waals surface area contributed by atoms with Gasteiger partial charge in [0.05, 0.1) is 19.3 Å². The molecule has 2 aliphatic heterocycles. The molecule has 11 unspecified atom stereocenters. The average molecular weight is 473 g/mol. The minimum absolute atomic E-state index is 0.0409. The fourth-order valence-corrected chi connectivity index (χ4v) is 3.63. The molecule has 1 aromatic carbocycles. The zero-order valence-electron chi connectivity index (χ0n) is 17.2. The molecule has 0 amide bonds. The van der Waals surface area contributed by atoms with Crippen molar-refractivity contribution in [1.29, 1.82) is 5.26 Å². The molecular formula is C20H27NO12. The average Bonchev–Trinajstić information content (AvgIpc) is 2.82. The Morgan fingerprint density at radius 1 is 0.818 bits per heavy atom. The van der Waals surface area contributed by atoms with Gasteiger partial charge in [-0.05, 0) is 17.7 Å². The molecule has 13 heteroatoms. The van der Waals surface area contributed by atoms with E-state index in [1.807, 2.05) is 6.07 Å². The number of hydrogen-bond acceptors (Lipinski definition) is 13. The van der Waals surface area contributed by atoms with Crippen LogP contribution in [0.3, 0.4) is 0 Å². The third-order valence-electron chi connectivity index (χ3n) is 5.54. The second kappa shape index (κ2) is 11.0. The molecule has 11 atom stereocenters. The van der Waals surface area contributed by atoms with E-state index in [4.69, 9.17) is 18.9 Å². The van der Waals surface area contributed by atoms with Crippen LogP contribution in [0.4, 0.5) is 0 Å². The summed E-state index contributed by atoms with van der Waals surface area (Å²) in [5.74, 6) is -0.0409. The topological polar surface area (TPSA) is 223 Å². The maximum atomic E-state index is 10.7. The lowest BCUT2D eigenvalue weighted by atomic mass is 9.97. The van der Waals surface area contributed by atoms with E-state index in [1.54, 1.807) is 0 Å². The predicted octanol–water partition coefficient (Wildman–Crippen LogP) is -3.40. The molecular weight excluding hydrogens is 446 g/mol. The normalized spacial score (nSPS) is 40.2. The number of hydrogen-bond donors (Lipinski definition) is 8. The molecule has 184 valence electrons. The lowest BCUT2D eigenvalue weighted by molar-refractivity contribution is -0.362. The Labute approximate surface area is 188 Å². The molecule has 0 spiro atoms. The fourth-order valence-electron chi connectivity index (χ4n) is 3.63. The largest absolute Gasteiger partial charge is 0.508 e. The van der Waals surface area contributed by atoms with Crippen LogP contribution < -0.4 is 0 Å². The maximum Gasteiger partial charge on any atom is 0.188 e. The van der Waals surface area contributed by atoms with E-state index in [9.17, 15) is 46.1 Å². The van der Waals surface area contributed by atoms with E-state index in [1.165, 1.54) is 24.3 Å². The monoisotopic (exact) mass is 473 g/mol. The number of rotatable bonds is 7. The van der Waals surface area contributed by atoms with Gasteiger partial charge < -0.3 is 59.8 Å². The molecule has 2 heterocycles. The summed E-state index contributed by atoms with van der Waals surface area (Å²) in [6.07, 6.45) is -17.4. The molecule has 0 radical (unpaired) electrons. The van der Waals surface area contributed by atoms with Crippen molar-refractivity contribution in [2.45, 2.75) is 67.5 Å². The summed E-state index contributed by atoms with van der Waals surface area (Å²) in [7, 11) is 0. The van der Waals surface area contributed by atoms with Crippen LogP contribution in [-0.4, -0.2) is 115 Å². The SMILES string of the molecule is N#CC(OC1OC(CO)C(O)C(OC2OC(CO)C(O)C(O)C2O)C1O)c1ccc(O)cc1. The van der Waals surface area contributed by atoms with E-state index in [-0.39, 0.29) is 5.75 Å². The van der Waals surface area contributed by atoms with Crippen molar-refractivity contribution < 1.29 is 59.8 Å². The molecule has 0 bridgehead atoms. The van der Waals surface area contributed by atoms with E-state index >= 15 is 0 Å². The number of nitriles is 1. The quantitative estimate of drug-likeness (QED) is 0.194. The Kier molecular flexibility index (Phi) is 8.56. The fraction of sp³-hybridized carbons (Fsp3) is 0.650. The molecule has 8 N–H and O–H groups in total. The second-order valence-corrected chi connectivity index (χ2v) is 7.74. The zero-order valence-corrected chi connectivity index (χ0v) is 17.2. The van der Waals surface area contributed by atoms with E-state index in [0.29, 0.717) is 5.56 Å². The Balaban J connectivity index is 1.78. The van der Waals surface area contributed by atoms with Crippen molar-refractivity contribution in [1.82, 2.24) is 0 Å². The first-order chi connectivity index (χ1) is 15.7. The molecule has 2 aliphatic rings. The van der Waals surface area contributed by atoms with Gasteiger partial charge in [-0.15, -0.1) is 0 Å². The van der Waals surface area contributed by atoms with Crippen LogP contribution in [0.15, 0.2) is 24.3 Å². The highest BCUT2D eigenvalue weighted by molar-refractivity contribution is 5.29. The van der Waals surface area contributed by atoms with Gasteiger partial charge >= 0.3 is 0 Å². The first-order valence-electron chi connectivity index (χ1n) is 10.1. The highest BCUT2D eigenvalue weighted by Crippen LogP contribution is 2.32. The van der Waals surface area contributed by atoms with Gasteiger partial charge in [-0.25, -0.2) is 0 Å². The summed E-state index contributed by atoms with van der Waals surface area (Å²) < 4.78 is 21.6. The van der Waals surface area contributed by atoms with Gasteiger partial charge in [-0.1, -0.05) is 12.1 Å². The third kappa shape index (κ3) is 5.43. The Hall–Kier alpha value is -1.93. The van der Waals surface area contributed by atoms with Gasteiger partial charge in [0, 0.05) is 0 Å². The number of aliphatic hydroxyl groups is 7. The number of ether oxygens (including phenoxy) is 4. The Bertz CT molecular complexity index is 801. The van der Waals surface area contributed by atoms with Crippen LogP contribution in [0.2, 0.25) is 0 Å². The molecule has 0 aromatic heterocycles. The van der Waals surface area contributed by atoms with Crippen LogP contribution in [-0.2, 0) is 18.9 Å². The summed E-state index contributed by atoms with van der Waals surface area (Å²) in [4.78, 5) is 0. The van der Waals surface area contributed by atoms with Gasteiger partial charge in [0.25, 0.3) is 0 Å². The van der Waals surface area contributed by atoms with Gasteiger partial charge in [0.2, 0.25) is 0 Å². The van der Waals surface area contributed by atoms with Crippen molar-refractivity contribution >= 4 is 0 Å². The highest BCUT2D eigenvalue weighted by atomic mass is 16.7. The maximum absolute atomic E-state index is 10.7. The number of phenols is 1. The molecule has 2 saturated heterocycles. The van der Waals surface area contributed by atoms with Crippen LogP contribution in [0.25, 0.3) is 0 Å². The minimum atomic E-state index is -1.80. The van der Waals surface area contributed by atoms with Crippen LogP contribution in [0, 0.1) is 11.3 Å². The zero-order chi connectivity index (χ0) is 24.3. The Morgan fingerprint density at radius 2 is 1.39 bits per heavy atom.